The highest BCUT2D eigenvalue weighted by atomic mass is 16.2. The molecule has 1 fully saturated rings. The molecule has 4 nitrogen and oxygen atoms in total. The standard InChI is InChI=1S/C13H27N3O/c1-15(2)10-11-16(3)13(17)5-4-12-6-8-14-9-7-12/h12,14H,4-11H2,1-3H3. The van der Waals surface area contributed by atoms with Crippen molar-refractivity contribution in [1.29, 1.82) is 0 Å². The van der Waals surface area contributed by atoms with Crippen LogP contribution in [0.2, 0.25) is 0 Å². The summed E-state index contributed by atoms with van der Waals surface area (Å²) < 4.78 is 0. The smallest absolute Gasteiger partial charge is 0.222 e. The fourth-order valence-corrected chi connectivity index (χ4v) is 2.16. The first kappa shape index (κ1) is 14.5. The molecule has 4 heteroatoms. The van der Waals surface area contributed by atoms with E-state index in [1.54, 1.807) is 0 Å². The zero-order valence-corrected chi connectivity index (χ0v) is 11.5. The SMILES string of the molecule is CN(C)CCN(C)C(=O)CCC1CCNCC1. The molecule has 1 N–H and O–H groups in total. The van der Waals surface area contributed by atoms with Crippen molar-refractivity contribution in [3.05, 3.63) is 0 Å². The van der Waals surface area contributed by atoms with Crippen LogP contribution in [0.1, 0.15) is 25.7 Å². The Morgan fingerprint density at radius 2 is 1.82 bits per heavy atom. The van der Waals surface area contributed by atoms with Gasteiger partial charge in [0.15, 0.2) is 0 Å². The molecule has 0 aliphatic carbocycles. The third-order valence-electron chi connectivity index (χ3n) is 3.53. The van der Waals surface area contributed by atoms with Crippen LogP contribution in [0.25, 0.3) is 0 Å². The number of nitrogens with one attached hydrogen (secondary N) is 1. The molecule has 0 atom stereocenters. The Labute approximate surface area is 105 Å². The molecule has 1 amide bonds. The Kier molecular flexibility index (Phi) is 6.52. The normalized spacial score (nSPS) is 17.4. The number of carbonyl (C=O) groups excluding carboxylic acids is 1. The van der Waals surface area contributed by atoms with Crippen LogP contribution in [0.4, 0.5) is 0 Å². The van der Waals surface area contributed by atoms with E-state index >= 15 is 0 Å². The van der Waals surface area contributed by atoms with E-state index in [4.69, 9.17) is 0 Å². The minimum absolute atomic E-state index is 0.297. The lowest BCUT2D eigenvalue weighted by atomic mass is 9.93. The van der Waals surface area contributed by atoms with E-state index in [9.17, 15) is 4.79 Å². The quantitative estimate of drug-likeness (QED) is 0.747. The average Bonchev–Trinajstić information content (AvgIpc) is 2.34. The summed E-state index contributed by atoms with van der Waals surface area (Å²) >= 11 is 0. The fourth-order valence-electron chi connectivity index (χ4n) is 2.16. The second-order valence-corrected chi connectivity index (χ2v) is 5.35. The summed E-state index contributed by atoms with van der Waals surface area (Å²) in [6, 6.07) is 0. The number of nitrogens with zero attached hydrogens (tertiary/aromatic N) is 2. The van der Waals surface area contributed by atoms with Crippen LogP contribution in [-0.2, 0) is 4.79 Å². The van der Waals surface area contributed by atoms with Crippen LogP contribution in [0.15, 0.2) is 0 Å². The van der Waals surface area contributed by atoms with Crippen molar-refractivity contribution in [2.24, 2.45) is 5.92 Å². The lowest BCUT2D eigenvalue weighted by Crippen LogP contribution is -2.34. The Morgan fingerprint density at radius 1 is 1.18 bits per heavy atom. The van der Waals surface area contributed by atoms with Gasteiger partial charge >= 0.3 is 0 Å². The molecular formula is C13H27N3O. The third-order valence-corrected chi connectivity index (χ3v) is 3.53. The highest BCUT2D eigenvalue weighted by molar-refractivity contribution is 5.75. The predicted molar refractivity (Wildman–Crippen MR) is 71.0 cm³/mol. The molecule has 0 radical (unpaired) electrons. The van der Waals surface area contributed by atoms with E-state index in [1.165, 1.54) is 12.8 Å². The largest absolute Gasteiger partial charge is 0.344 e. The van der Waals surface area contributed by atoms with E-state index in [2.05, 4.69) is 10.2 Å². The van der Waals surface area contributed by atoms with E-state index in [0.29, 0.717) is 12.3 Å². The number of amides is 1. The summed E-state index contributed by atoms with van der Waals surface area (Å²) in [7, 11) is 5.98. The maximum atomic E-state index is 11.9. The van der Waals surface area contributed by atoms with E-state index in [1.807, 2.05) is 26.0 Å². The third kappa shape index (κ3) is 6.03. The van der Waals surface area contributed by atoms with Crippen molar-refractivity contribution in [1.82, 2.24) is 15.1 Å². The van der Waals surface area contributed by atoms with Crippen LogP contribution in [-0.4, -0.2) is 63.0 Å². The van der Waals surface area contributed by atoms with Crippen molar-refractivity contribution in [3.8, 4) is 0 Å². The number of rotatable bonds is 6. The molecule has 0 aromatic heterocycles. The fraction of sp³-hybridized carbons (Fsp3) is 0.923. The Hall–Kier alpha value is -0.610. The molecule has 100 valence electrons. The average molecular weight is 241 g/mol. The summed E-state index contributed by atoms with van der Waals surface area (Å²) in [5.41, 5.74) is 0. The summed E-state index contributed by atoms with van der Waals surface area (Å²) in [5, 5.41) is 3.36. The number of likely N-dealkylation sites (N-methyl/N-ethyl adjacent to an activating group) is 2. The molecule has 0 aromatic rings. The molecule has 1 aliphatic heterocycles. The highest BCUT2D eigenvalue weighted by Crippen LogP contribution is 2.18. The van der Waals surface area contributed by atoms with Crippen LogP contribution < -0.4 is 5.32 Å². The minimum Gasteiger partial charge on any atom is -0.344 e. The first-order valence-electron chi connectivity index (χ1n) is 6.69. The molecular weight excluding hydrogens is 214 g/mol. The lowest BCUT2D eigenvalue weighted by molar-refractivity contribution is -0.130. The van der Waals surface area contributed by atoms with Gasteiger partial charge < -0.3 is 15.1 Å². The zero-order valence-electron chi connectivity index (χ0n) is 11.5. The molecule has 1 rings (SSSR count). The Morgan fingerprint density at radius 3 is 2.41 bits per heavy atom. The van der Waals surface area contributed by atoms with Crippen molar-refractivity contribution in [3.63, 3.8) is 0 Å². The van der Waals surface area contributed by atoms with Crippen molar-refractivity contribution in [2.45, 2.75) is 25.7 Å². The number of carbonyl (C=O) groups is 1. The van der Waals surface area contributed by atoms with Crippen LogP contribution in [0.3, 0.4) is 0 Å². The summed E-state index contributed by atoms with van der Waals surface area (Å²) in [6.07, 6.45) is 4.24. The van der Waals surface area contributed by atoms with Gasteiger partial charge in [-0.1, -0.05) is 0 Å². The van der Waals surface area contributed by atoms with Gasteiger partial charge in [-0.3, -0.25) is 4.79 Å². The van der Waals surface area contributed by atoms with Gasteiger partial charge in [-0.15, -0.1) is 0 Å². The molecule has 1 heterocycles. The number of hydrogen-bond acceptors (Lipinski definition) is 3. The zero-order chi connectivity index (χ0) is 12.7. The molecule has 1 aliphatic rings. The summed E-state index contributed by atoms with van der Waals surface area (Å²) in [6.45, 7) is 4.01. The first-order chi connectivity index (χ1) is 8.09. The number of piperidine rings is 1. The Balaban J connectivity index is 2.14. The minimum atomic E-state index is 0.297. The molecule has 0 bridgehead atoms. The van der Waals surface area contributed by atoms with E-state index in [-0.39, 0.29) is 0 Å². The maximum absolute atomic E-state index is 11.9. The van der Waals surface area contributed by atoms with Crippen molar-refractivity contribution >= 4 is 5.91 Å². The van der Waals surface area contributed by atoms with Crippen molar-refractivity contribution < 1.29 is 4.79 Å². The molecule has 0 saturated carbocycles. The highest BCUT2D eigenvalue weighted by Gasteiger charge is 2.16. The van der Waals surface area contributed by atoms with Crippen molar-refractivity contribution in [2.75, 3.05) is 47.3 Å². The van der Waals surface area contributed by atoms with Gasteiger partial charge in [0.2, 0.25) is 5.91 Å². The van der Waals surface area contributed by atoms with Gasteiger partial charge in [-0.2, -0.15) is 0 Å². The Bertz CT molecular complexity index is 225. The number of hydrogen-bond donors (Lipinski definition) is 1. The van der Waals surface area contributed by atoms with Gasteiger partial charge in [0.1, 0.15) is 0 Å². The van der Waals surface area contributed by atoms with Gasteiger partial charge in [0.05, 0.1) is 0 Å². The van der Waals surface area contributed by atoms with Gasteiger partial charge in [-0.25, -0.2) is 0 Å². The van der Waals surface area contributed by atoms with Gasteiger partial charge in [-0.05, 0) is 52.4 Å². The lowest BCUT2D eigenvalue weighted by Gasteiger charge is -2.24. The predicted octanol–water partition coefficient (Wildman–Crippen LogP) is 0.786. The van der Waals surface area contributed by atoms with E-state index in [0.717, 1.165) is 38.5 Å². The molecule has 0 aromatic carbocycles. The summed E-state index contributed by atoms with van der Waals surface area (Å²) in [5.74, 6) is 1.05. The monoisotopic (exact) mass is 241 g/mol. The molecule has 1 saturated heterocycles. The van der Waals surface area contributed by atoms with Crippen LogP contribution in [0.5, 0.6) is 0 Å². The van der Waals surface area contributed by atoms with Crippen LogP contribution in [0, 0.1) is 5.92 Å². The molecule has 0 unspecified atom stereocenters. The molecule has 0 spiro atoms. The topological polar surface area (TPSA) is 35.6 Å². The van der Waals surface area contributed by atoms with E-state index < -0.39 is 0 Å². The van der Waals surface area contributed by atoms with Crippen LogP contribution >= 0.6 is 0 Å². The second kappa shape index (κ2) is 7.67. The first-order valence-corrected chi connectivity index (χ1v) is 6.69. The molecule has 17 heavy (non-hydrogen) atoms. The van der Waals surface area contributed by atoms with Gasteiger partial charge in [0.25, 0.3) is 0 Å². The van der Waals surface area contributed by atoms with Gasteiger partial charge in [0, 0.05) is 26.6 Å². The second-order valence-electron chi connectivity index (χ2n) is 5.35. The maximum Gasteiger partial charge on any atom is 0.222 e. The summed E-state index contributed by atoms with van der Waals surface area (Å²) in [4.78, 5) is 15.9.